The average Bonchev–Trinajstić information content (AvgIpc) is 3.77. The highest BCUT2D eigenvalue weighted by Gasteiger charge is 2.48. The summed E-state index contributed by atoms with van der Waals surface area (Å²) in [5.41, 5.74) is 0.980. The number of fused-ring (bicyclic) bond motifs is 1. The van der Waals surface area contributed by atoms with E-state index in [0.717, 1.165) is 41.2 Å². The maximum Gasteiger partial charge on any atom is 0.490 e. The average molecular weight is 781 g/mol. The van der Waals surface area contributed by atoms with Gasteiger partial charge < -0.3 is 25.0 Å². The molecule has 4 N–H and O–H groups in total. The Kier molecular flexibility index (Phi) is 12.4. The second kappa shape index (κ2) is 16.3. The van der Waals surface area contributed by atoms with Crippen LogP contribution in [0.5, 0.6) is 5.88 Å². The number of rotatable bonds is 7. The number of carbonyl (C=O) groups is 2. The summed E-state index contributed by atoms with van der Waals surface area (Å²) in [4.78, 5) is 35.5. The molecule has 0 spiro atoms. The zero-order chi connectivity index (χ0) is 40.1. The molecule has 0 bridgehead atoms. The number of nitrogens with zero attached hydrogens (tertiary/aromatic N) is 7. The summed E-state index contributed by atoms with van der Waals surface area (Å²) in [5, 5.41) is 38.7. The smallest absolute Gasteiger partial charge is 0.475 e. The summed E-state index contributed by atoms with van der Waals surface area (Å²) in [7, 11) is 0. The van der Waals surface area contributed by atoms with Crippen LogP contribution in [0, 0.1) is 11.3 Å². The number of carboxylic acid groups (broad SMARTS) is 2. The molecule has 0 radical (unpaired) electrons. The normalized spacial score (nSPS) is 18.6. The van der Waals surface area contributed by atoms with Gasteiger partial charge in [0, 0.05) is 48.5 Å². The van der Waals surface area contributed by atoms with Gasteiger partial charge in [0.05, 0.1) is 31.0 Å². The van der Waals surface area contributed by atoms with Gasteiger partial charge in [0.25, 0.3) is 0 Å². The first kappa shape index (κ1) is 41.3. The summed E-state index contributed by atoms with van der Waals surface area (Å²) in [6, 6.07) is 6.72. The molecule has 54 heavy (non-hydrogen) atoms. The van der Waals surface area contributed by atoms with Crippen LogP contribution in [0.1, 0.15) is 43.4 Å². The van der Waals surface area contributed by atoms with Crippen LogP contribution in [-0.2, 0) is 27.9 Å². The molecule has 2 fully saturated rings. The first-order valence-electron chi connectivity index (χ1n) is 15.6. The zero-order valence-electron chi connectivity index (χ0n) is 27.5. The van der Waals surface area contributed by atoms with Crippen LogP contribution in [0.4, 0.5) is 39.5 Å². The Balaban J connectivity index is 0.000000396. The van der Waals surface area contributed by atoms with Crippen LogP contribution in [0.3, 0.4) is 0 Å². The van der Waals surface area contributed by atoms with Crippen molar-refractivity contribution in [2.45, 2.75) is 74.9 Å². The third-order valence-corrected chi connectivity index (χ3v) is 8.37. The molecule has 0 amide bonds. The number of ether oxygens (including phenoxy) is 1. The lowest BCUT2D eigenvalue weighted by Crippen LogP contribution is -2.65. The Morgan fingerprint density at radius 1 is 0.981 bits per heavy atom. The number of nitriles is 1. The maximum absolute atomic E-state index is 13.2. The number of carboxylic acids is 2. The quantitative estimate of drug-likeness (QED) is 0.176. The molecule has 5 heterocycles. The first-order valence-corrected chi connectivity index (χ1v) is 15.6. The van der Waals surface area contributed by atoms with Crippen molar-refractivity contribution in [1.29, 1.82) is 5.26 Å². The fourth-order valence-corrected chi connectivity index (χ4v) is 5.81. The number of hydrogen-bond donors (Lipinski definition) is 4. The van der Waals surface area contributed by atoms with E-state index in [9.17, 15) is 49.9 Å². The third-order valence-electron chi connectivity index (χ3n) is 8.37. The fraction of sp³-hybridized carbons (Fsp3) is 0.452. The van der Waals surface area contributed by atoms with E-state index < -0.39 is 48.3 Å². The number of H-pyrrole nitrogens is 1. The molecule has 1 saturated heterocycles. The monoisotopic (exact) mass is 780 g/mol. The molecule has 23 heteroatoms. The second-order valence-electron chi connectivity index (χ2n) is 12.1. The molecule has 14 nitrogen and oxygen atoms in total. The number of aromatic nitrogens is 6. The zero-order valence-corrected chi connectivity index (χ0v) is 27.5. The molecule has 1 aliphatic carbocycles. The van der Waals surface area contributed by atoms with Crippen LogP contribution in [-0.4, -0.2) is 99.5 Å². The molecule has 1 saturated carbocycles. The number of hydrogen-bond acceptors (Lipinski definition) is 10. The fourth-order valence-electron chi connectivity index (χ4n) is 5.81. The van der Waals surface area contributed by atoms with Gasteiger partial charge in [-0.25, -0.2) is 24.5 Å². The van der Waals surface area contributed by atoms with Crippen molar-refractivity contribution in [3.63, 3.8) is 0 Å². The molecule has 1 aliphatic heterocycles. The van der Waals surface area contributed by atoms with Gasteiger partial charge in [-0.15, -0.1) is 0 Å². The lowest BCUT2D eigenvalue weighted by molar-refractivity contribution is -0.193. The summed E-state index contributed by atoms with van der Waals surface area (Å²) in [5.74, 6) is -5.63. The summed E-state index contributed by atoms with van der Waals surface area (Å²) in [6.45, 7) is 0.827. The lowest BCUT2D eigenvalue weighted by Gasteiger charge is -2.53. The van der Waals surface area contributed by atoms with E-state index in [-0.39, 0.29) is 23.6 Å². The Morgan fingerprint density at radius 3 is 2.13 bits per heavy atom. The van der Waals surface area contributed by atoms with Gasteiger partial charge in [0.15, 0.2) is 0 Å². The van der Waals surface area contributed by atoms with E-state index in [4.69, 9.17) is 24.5 Å². The SMILES string of the molecule is N#CCC1(n2cc(-c3ncnc4[nH]ccc34)cn2)CN(C2CCC(Oc3cc(CO)cc(C(F)(F)F)n3)CC2)C1.O=C(O)C(F)(F)F.O=C(O)C(F)(F)F. The van der Waals surface area contributed by atoms with Crippen LogP contribution in [0.2, 0.25) is 0 Å². The van der Waals surface area contributed by atoms with E-state index in [2.05, 4.69) is 36.0 Å². The highest BCUT2D eigenvalue weighted by molar-refractivity contribution is 5.90. The van der Waals surface area contributed by atoms with Gasteiger partial charge in [-0.2, -0.15) is 49.9 Å². The van der Waals surface area contributed by atoms with Gasteiger partial charge in [-0.1, -0.05) is 0 Å². The van der Waals surface area contributed by atoms with Gasteiger partial charge in [0.2, 0.25) is 5.88 Å². The third kappa shape index (κ3) is 10.1. The number of aliphatic carboxylic acids is 2. The summed E-state index contributed by atoms with van der Waals surface area (Å²) >= 11 is 0. The molecule has 0 aromatic carbocycles. The van der Waals surface area contributed by atoms with Gasteiger partial charge in [-0.3, -0.25) is 9.58 Å². The minimum atomic E-state index is -5.08. The molecule has 4 aromatic rings. The standard InChI is InChI=1S/C27H27F3N8O2.2C2HF3O2/c28-27(29,30)22-9-17(13-39)10-23(36-22)40-20-3-1-19(2-4-20)37-14-26(15-37,6-7-31)38-12-18(11-35-38)24-21-5-8-32-25(21)34-16-33-24;2*3-2(4,5)1(6)7/h5,8-12,16,19-20,39H,1-4,6,13-15H2,(H,32,33,34);2*(H,6,7). The van der Waals surface area contributed by atoms with E-state index in [0.29, 0.717) is 32.4 Å². The van der Waals surface area contributed by atoms with Gasteiger partial charge in [-0.05, 0) is 43.4 Å². The number of likely N-dealkylation sites (tertiary alicyclic amines) is 1. The minimum absolute atomic E-state index is 0.111. The van der Waals surface area contributed by atoms with Gasteiger partial charge >= 0.3 is 30.5 Å². The summed E-state index contributed by atoms with van der Waals surface area (Å²) < 4.78 is 111. The minimum Gasteiger partial charge on any atom is -0.475 e. The number of aromatic amines is 1. The van der Waals surface area contributed by atoms with Crippen LogP contribution in [0.25, 0.3) is 22.3 Å². The Bertz CT molecular complexity index is 1930. The van der Waals surface area contributed by atoms with Crippen LogP contribution < -0.4 is 4.74 Å². The van der Waals surface area contributed by atoms with Crippen molar-refractivity contribution in [1.82, 2.24) is 34.6 Å². The molecule has 0 unspecified atom stereocenters. The van der Waals surface area contributed by atoms with Crippen molar-refractivity contribution < 1.29 is 69.2 Å². The molecular formula is C31H29F9N8O6. The van der Waals surface area contributed by atoms with Crippen LogP contribution in [0.15, 0.2) is 43.1 Å². The molecule has 292 valence electrons. The molecule has 0 atom stereocenters. The van der Waals surface area contributed by atoms with E-state index in [1.807, 2.05) is 23.1 Å². The van der Waals surface area contributed by atoms with Crippen molar-refractivity contribution in [2.24, 2.45) is 0 Å². The predicted molar refractivity (Wildman–Crippen MR) is 164 cm³/mol. The largest absolute Gasteiger partial charge is 0.490 e. The second-order valence-corrected chi connectivity index (χ2v) is 12.1. The predicted octanol–water partition coefficient (Wildman–Crippen LogP) is 5.31. The number of aliphatic hydroxyl groups is 1. The number of aliphatic hydroxyl groups excluding tert-OH is 1. The van der Waals surface area contributed by atoms with E-state index >= 15 is 0 Å². The first-order chi connectivity index (χ1) is 25.2. The van der Waals surface area contributed by atoms with Crippen LogP contribution >= 0.6 is 0 Å². The lowest BCUT2D eigenvalue weighted by atomic mass is 9.82. The molecular weight excluding hydrogens is 751 g/mol. The van der Waals surface area contributed by atoms with Crippen molar-refractivity contribution in [3.05, 3.63) is 54.4 Å². The Labute approximate surface area is 297 Å². The Morgan fingerprint density at radius 2 is 1.59 bits per heavy atom. The number of alkyl halides is 9. The molecule has 2 aliphatic rings. The molecule has 6 rings (SSSR count). The molecule has 4 aromatic heterocycles. The topological polar surface area (TPSA) is 203 Å². The number of nitrogens with one attached hydrogen (secondary N) is 1. The van der Waals surface area contributed by atoms with Gasteiger partial charge in [0.1, 0.15) is 29.3 Å². The Hall–Kier alpha value is -5.50. The number of halogens is 9. The van der Waals surface area contributed by atoms with Crippen molar-refractivity contribution in [2.75, 3.05) is 13.1 Å². The van der Waals surface area contributed by atoms with Crippen molar-refractivity contribution >= 4 is 23.0 Å². The van der Waals surface area contributed by atoms with E-state index in [1.165, 1.54) is 12.4 Å². The summed E-state index contributed by atoms with van der Waals surface area (Å²) in [6.07, 6.45) is -4.71. The highest BCUT2D eigenvalue weighted by atomic mass is 19.4. The highest BCUT2D eigenvalue weighted by Crippen LogP contribution is 2.39. The van der Waals surface area contributed by atoms with E-state index in [1.54, 1.807) is 6.20 Å². The number of pyridine rings is 1. The van der Waals surface area contributed by atoms with Crippen molar-refractivity contribution in [3.8, 4) is 23.2 Å². The maximum atomic E-state index is 13.2.